The first-order valence-corrected chi connectivity index (χ1v) is 8.10. The molecule has 0 aliphatic heterocycles. The third-order valence-electron chi connectivity index (χ3n) is 4.51. The predicted octanol–water partition coefficient (Wildman–Crippen LogP) is 3.63. The Hall–Kier alpha value is -3.01. The van der Waals surface area contributed by atoms with E-state index in [1.54, 1.807) is 0 Å². The summed E-state index contributed by atoms with van der Waals surface area (Å²) in [5.41, 5.74) is 4.12. The Bertz CT molecular complexity index is 1030. The van der Waals surface area contributed by atoms with E-state index in [1.807, 2.05) is 60.4 Å². The molecule has 120 valence electrons. The molecule has 0 unspecified atom stereocenters. The average Bonchev–Trinajstić information content (AvgIpc) is 3.19. The molecule has 0 aliphatic carbocycles. The number of benzene rings is 2. The van der Waals surface area contributed by atoms with Crippen LogP contribution in [0.3, 0.4) is 0 Å². The predicted molar refractivity (Wildman–Crippen MR) is 97.3 cm³/mol. The number of H-pyrrole nitrogens is 1. The van der Waals surface area contributed by atoms with E-state index >= 15 is 0 Å². The molecule has 0 saturated carbocycles. The summed E-state index contributed by atoms with van der Waals surface area (Å²) < 4.78 is 2.03. The van der Waals surface area contributed by atoms with Gasteiger partial charge in [-0.3, -0.25) is 4.79 Å². The Balaban J connectivity index is 1.45. The summed E-state index contributed by atoms with van der Waals surface area (Å²) in [4.78, 5) is 15.7. The van der Waals surface area contributed by atoms with Gasteiger partial charge in [-0.2, -0.15) is 0 Å². The molecular weight excluding hydrogens is 298 g/mol. The number of aryl methyl sites for hydroxylation is 1. The molecule has 2 heterocycles. The number of hydrogen-bond acceptors (Lipinski definition) is 1. The molecule has 0 atom stereocenters. The van der Waals surface area contributed by atoms with Gasteiger partial charge in [-0.05, 0) is 41.6 Å². The maximum Gasteiger partial charge on any atom is 0.251 e. The lowest BCUT2D eigenvalue weighted by Gasteiger charge is -2.06. The number of hydrogen-bond donors (Lipinski definition) is 2. The van der Waals surface area contributed by atoms with E-state index in [0.29, 0.717) is 12.1 Å². The molecule has 2 N–H and O–H groups in total. The van der Waals surface area contributed by atoms with Crippen LogP contribution in [0.15, 0.2) is 60.9 Å². The Morgan fingerprint density at radius 2 is 2.04 bits per heavy atom. The number of amides is 1. The van der Waals surface area contributed by atoms with Gasteiger partial charge >= 0.3 is 0 Å². The fraction of sp³-hybridized carbons (Fsp3) is 0.150. The standard InChI is InChI=1S/C20H19N3O/c1-23-11-9-14-6-7-15(12-19(14)23)20(24)21-10-8-16-13-22-18-5-3-2-4-17(16)18/h2-7,9,11-13,22H,8,10H2,1H3,(H,21,24). The third-order valence-corrected chi connectivity index (χ3v) is 4.51. The first kappa shape index (κ1) is 14.6. The van der Waals surface area contributed by atoms with E-state index in [9.17, 15) is 4.79 Å². The van der Waals surface area contributed by atoms with Gasteiger partial charge in [0.25, 0.3) is 5.91 Å². The second kappa shape index (κ2) is 5.89. The molecule has 0 bridgehead atoms. The van der Waals surface area contributed by atoms with Crippen molar-refractivity contribution in [2.24, 2.45) is 7.05 Å². The average molecular weight is 317 g/mol. The Morgan fingerprint density at radius 3 is 2.96 bits per heavy atom. The van der Waals surface area contributed by atoms with Crippen molar-refractivity contribution < 1.29 is 4.79 Å². The van der Waals surface area contributed by atoms with Gasteiger partial charge in [0.15, 0.2) is 0 Å². The summed E-state index contributed by atoms with van der Waals surface area (Å²) in [6.07, 6.45) is 4.83. The van der Waals surface area contributed by atoms with E-state index in [0.717, 1.165) is 22.8 Å². The number of rotatable bonds is 4. The Morgan fingerprint density at radius 1 is 1.17 bits per heavy atom. The smallest absolute Gasteiger partial charge is 0.251 e. The first-order chi connectivity index (χ1) is 11.7. The van der Waals surface area contributed by atoms with Crippen LogP contribution in [0, 0.1) is 0 Å². The van der Waals surface area contributed by atoms with Crippen molar-refractivity contribution in [3.8, 4) is 0 Å². The van der Waals surface area contributed by atoms with Gasteiger partial charge in [-0.15, -0.1) is 0 Å². The van der Waals surface area contributed by atoms with Crippen LogP contribution in [0.5, 0.6) is 0 Å². The molecule has 4 aromatic rings. The van der Waals surface area contributed by atoms with Gasteiger partial charge in [-0.25, -0.2) is 0 Å². The lowest BCUT2D eigenvalue weighted by molar-refractivity contribution is 0.0954. The highest BCUT2D eigenvalue weighted by molar-refractivity contribution is 5.98. The number of carbonyl (C=O) groups is 1. The zero-order valence-corrected chi connectivity index (χ0v) is 13.5. The zero-order valence-electron chi connectivity index (χ0n) is 13.5. The number of fused-ring (bicyclic) bond motifs is 2. The zero-order chi connectivity index (χ0) is 16.5. The minimum Gasteiger partial charge on any atom is -0.361 e. The molecular formula is C20H19N3O. The molecule has 2 aromatic carbocycles. The number of nitrogens with zero attached hydrogens (tertiary/aromatic N) is 1. The largest absolute Gasteiger partial charge is 0.361 e. The van der Waals surface area contributed by atoms with Crippen LogP contribution in [-0.2, 0) is 13.5 Å². The second-order valence-corrected chi connectivity index (χ2v) is 6.07. The summed E-state index contributed by atoms with van der Waals surface area (Å²) >= 11 is 0. The quantitative estimate of drug-likeness (QED) is 0.593. The van der Waals surface area contributed by atoms with Crippen LogP contribution in [0.4, 0.5) is 0 Å². The van der Waals surface area contributed by atoms with Crippen LogP contribution < -0.4 is 5.32 Å². The highest BCUT2D eigenvalue weighted by Gasteiger charge is 2.08. The van der Waals surface area contributed by atoms with Crippen LogP contribution in [0.1, 0.15) is 15.9 Å². The minimum atomic E-state index is -0.0297. The first-order valence-electron chi connectivity index (χ1n) is 8.10. The summed E-state index contributed by atoms with van der Waals surface area (Å²) in [7, 11) is 1.99. The fourth-order valence-corrected chi connectivity index (χ4v) is 3.15. The van der Waals surface area contributed by atoms with Gasteiger partial charge in [0.2, 0.25) is 0 Å². The van der Waals surface area contributed by atoms with Crippen molar-refractivity contribution in [3.05, 3.63) is 72.1 Å². The van der Waals surface area contributed by atoms with Crippen LogP contribution in [0.2, 0.25) is 0 Å². The van der Waals surface area contributed by atoms with Gasteiger partial charge in [0, 0.05) is 48.0 Å². The highest BCUT2D eigenvalue weighted by atomic mass is 16.1. The maximum absolute atomic E-state index is 12.4. The minimum absolute atomic E-state index is 0.0297. The molecule has 0 fully saturated rings. The van der Waals surface area contributed by atoms with Crippen molar-refractivity contribution in [2.45, 2.75) is 6.42 Å². The number of carbonyl (C=O) groups excluding carboxylic acids is 1. The Labute approximate surface area is 140 Å². The fourth-order valence-electron chi connectivity index (χ4n) is 3.15. The third kappa shape index (κ3) is 2.56. The number of nitrogens with one attached hydrogen (secondary N) is 2. The van der Waals surface area contributed by atoms with Gasteiger partial charge in [-0.1, -0.05) is 24.3 Å². The summed E-state index contributed by atoms with van der Waals surface area (Å²) in [6.45, 7) is 0.617. The second-order valence-electron chi connectivity index (χ2n) is 6.07. The number of aromatic nitrogens is 2. The Kier molecular flexibility index (Phi) is 3.58. The summed E-state index contributed by atoms with van der Waals surface area (Å²) in [5, 5.41) is 5.38. The lowest BCUT2D eigenvalue weighted by Crippen LogP contribution is -2.25. The molecule has 0 aliphatic rings. The van der Waals surface area contributed by atoms with Crippen LogP contribution in [0.25, 0.3) is 21.8 Å². The van der Waals surface area contributed by atoms with Crippen molar-refractivity contribution in [1.82, 2.24) is 14.9 Å². The molecule has 4 nitrogen and oxygen atoms in total. The van der Waals surface area contributed by atoms with Crippen LogP contribution in [-0.4, -0.2) is 22.0 Å². The number of aromatic amines is 1. The summed E-state index contributed by atoms with van der Waals surface area (Å²) in [6, 6.07) is 16.1. The molecule has 1 amide bonds. The van der Waals surface area contributed by atoms with Crippen molar-refractivity contribution in [1.29, 1.82) is 0 Å². The van der Waals surface area contributed by atoms with E-state index < -0.39 is 0 Å². The van der Waals surface area contributed by atoms with Crippen molar-refractivity contribution >= 4 is 27.7 Å². The highest BCUT2D eigenvalue weighted by Crippen LogP contribution is 2.18. The number of para-hydroxylation sites is 1. The molecule has 0 radical (unpaired) electrons. The summed E-state index contributed by atoms with van der Waals surface area (Å²) in [5.74, 6) is -0.0297. The van der Waals surface area contributed by atoms with Crippen molar-refractivity contribution in [3.63, 3.8) is 0 Å². The molecule has 4 heteroatoms. The van der Waals surface area contributed by atoms with E-state index in [2.05, 4.69) is 22.4 Å². The van der Waals surface area contributed by atoms with E-state index in [-0.39, 0.29) is 5.91 Å². The lowest BCUT2D eigenvalue weighted by atomic mass is 10.1. The van der Waals surface area contributed by atoms with Gasteiger partial charge in [0.05, 0.1) is 0 Å². The van der Waals surface area contributed by atoms with E-state index in [1.165, 1.54) is 10.9 Å². The SMILES string of the molecule is Cn1ccc2ccc(C(=O)NCCc3c[nH]c4ccccc34)cc21. The van der Waals surface area contributed by atoms with Crippen molar-refractivity contribution in [2.75, 3.05) is 6.54 Å². The molecule has 2 aromatic heterocycles. The topological polar surface area (TPSA) is 49.8 Å². The van der Waals surface area contributed by atoms with E-state index in [4.69, 9.17) is 0 Å². The maximum atomic E-state index is 12.4. The molecule has 4 rings (SSSR count). The van der Waals surface area contributed by atoms with Gasteiger partial charge in [0.1, 0.15) is 0 Å². The monoisotopic (exact) mass is 317 g/mol. The molecule has 0 spiro atoms. The molecule has 24 heavy (non-hydrogen) atoms. The van der Waals surface area contributed by atoms with Gasteiger partial charge < -0.3 is 14.9 Å². The van der Waals surface area contributed by atoms with Crippen LogP contribution >= 0.6 is 0 Å². The normalized spacial score (nSPS) is 11.2. The molecule has 0 saturated heterocycles.